The molecule has 1 atom stereocenters. The summed E-state index contributed by atoms with van der Waals surface area (Å²) in [6, 6.07) is 15.5. The van der Waals surface area contributed by atoms with Crippen LogP contribution in [0.2, 0.25) is 0 Å². The van der Waals surface area contributed by atoms with Crippen LogP contribution in [-0.2, 0) is 22.6 Å². The van der Waals surface area contributed by atoms with E-state index >= 15 is 0 Å². The third-order valence-electron chi connectivity index (χ3n) is 4.81. The van der Waals surface area contributed by atoms with E-state index in [1.807, 2.05) is 30.3 Å². The van der Waals surface area contributed by atoms with Gasteiger partial charge in [0.05, 0.1) is 20.3 Å². The molecular weight excluding hydrogens is 356 g/mol. The number of nitrogens with zero attached hydrogens (tertiary/aromatic N) is 1. The Morgan fingerprint density at radius 2 is 1.71 bits per heavy atom. The summed E-state index contributed by atoms with van der Waals surface area (Å²) < 4.78 is 16.5. The Labute approximate surface area is 166 Å². The first-order chi connectivity index (χ1) is 13.7. The van der Waals surface area contributed by atoms with E-state index in [0.717, 1.165) is 38.4 Å². The molecule has 1 saturated heterocycles. The summed E-state index contributed by atoms with van der Waals surface area (Å²) in [6.07, 6.45) is -0.622. The Balaban J connectivity index is 1.56. The van der Waals surface area contributed by atoms with Crippen LogP contribution in [0.4, 0.5) is 0 Å². The van der Waals surface area contributed by atoms with Gasteiger partial charge < -0.3 is 19.5 Å². The Kier molecular flexibility index (Phi) is 7.28. The SMILES string of the molecule is COc1ccccc1OC(C)C(=O)NCc1ccccc1CN1CCOCC1. The van der Waals surface area contributed by atoms with Crippen molar-refractivity contribution in [2.75, 3.05) is 33.4 Å². The minimum Gasteiger partial charge on any atom is -0.493 e. The van der Waals surface area contributed by atoms with Crippen LogP contribution < -0.4 is 14.8 Å². The Hall–Kier alpha value is -2.57. The lowest BCUT2D eigenvalue weighted by molar-refractivity contribution is -0.127. The molecule has 0 saturated carbocycles. The van der Waals surface area contributed by atoms with Crippen molar-refractivity contribution in [1.29, 1.82) is 0 Å². The topological polar surface area (TPSA) is 60.0 Å². The second-order valence-electron chi connectivity index (χ2n) is 6.79. The van der Waals surface area contributed by atoms with Gasteiger partial charge in [0.25, 0.3) is 5.91 Å². The van der Waals surface area contributed by atoms with Gasteiger partial charge in [-0.05, 0) is 30.2 Å². The van der Waals surface area contributed by atoms with Crippen molar-refractivity contribution in [2.45, 2.75) is 26.1 Å². The molecule has 1 unspecified atom stereocenters. The van der Waals surface area contributed by atoms with E-state index in [-0.39, 0.29) is 5.91 Å². The van der Waals surface area contributed by atoms with Gasteiger partial charge in [0.15, 0.2) is 17.6 Å². The molecule has 6 nitrogen and oxygen atoms in total. The maximum Gasteiger partial charge on any atom is 0.261 e. The first-order valence-corrected chi connectivity index (χ1v) is 9.61. The number of rotatable bonds is 8. The lowest BCUT2D eigenvalue weighted by atomic mass is 10.1. The monoisotopic (exact) mass is 384 g/mol. The average Bonchev–Trinajstić information content (AvgIpc) is 2.74. The summed E-state index contributed by atoms with van der Waals surface area (Å²) >= 11 is 0. The number of para-hydroxylation sites is 2. The number of morpholine rings is 1. The second-order valence-corrected chi connectivity index (χ2v) is 6.79. The number of hydrogen-bond donors (Lipinski definition) is 1. The summed E-state index contributed by atoms with van der Waals surface area (Å²) in [4.78, 5) is 14.9. The maximum atomic E-state index is 12.5. The van der Waals surface area contributed by atoms with Crippen LogP contribution in [0.3, 0.4) is 0 Å². The Bertz CT molecular complexity index is 775. The minimum atomic E-state index is -0.622. The molecule has 0 aliphatic carbocycles. The van der Waals surface area contributed by atoms with E-state index in [1.54, 1.807) is 20.1 Å². The maximum absolute atomic E-state index is 12.5. The van der Waals surface area contributed by atoms with Crippen LogP contribution >= 0.6 is 0 Å². The highest BCUT2D eigenvalue weighted by Gasteiger charge is 2.17. The van der Waals surface area contributed by atoms with Crippen molar-refractivity contribution < 1.29 is 19.0 Å². The van der Waals surface area contributed by atoms with Crippen LogP contribution in [-0.4, -0.2) is 50.3 Å². The Morgan fingerprint density at radius 3 is 2.43 bits per heavy atom. The lowest BCUT2D eigenvalue weighted by Crippen LogP contribution is -2.37. The molecule has 1 amide bonds. The summed E-state index contributed by atoms with van der Waals surface area (Å²) in [5.41, 5.74) is 2.34. The molecule has 1 aliphatic rings. The number of carbonyl (C=O) groups excluding carboxylic acids is 1. The summed E-state index contributed by atoms with van der Waals surface area (Å²) in [7, 11) is 1.58. The highest BCUT2D eigenvalue weighted by atomic mass is 16.5. The lowest BCUT2D eigenvalue weighted by Gasteiger charge is -2.27. The molecule has 1 aliphatic heterocycles. The summed E-state index contributed by atoms with van der Waals surface area (Å²) in [6.45, 7) is 6.49. The van der Waals surface area contributed by atoms with E-state index in [2.05, 4.69) is 22.3 Å². The number of nitrogens with one attached hydrogen (secondary N) is 1. The van der Waals surface area contributed by atoms with Crippen molar-refractivity contribution in [1.82, 2.24) is 10.2 Å². The van der Waals surface area contributed by atoms with Crippen molar-refractivity contribution in [3.05, 3.63) is 59.7 Å². The highest BCUT2D eigenvalue weighted by Crippen LogP contribution is 2.26. The molecular formula is C22H28N2O4. The van der Waals surface area contributed by atoms with E-state index in [1.165, 1.54) is 5.56 Å². The first kappa shape index (κ1) is 20.2. The molecule has 2 aromatic rings. The molecule has 6 heteroatoms. The number of benzene rings is 2. The van der Waals surface area contributed by atoms with Crippen molar-refractivity contribution in [2.24, 2.45) is 0 Å². The fourth-order valence-electron chi connectivity index (χ4n) is 3.17. The molecule has 0 spiro atoms. The van der Waals surface area contributed by atoms with Crippen LogP contribution in [0.5, 0.6) is 11.5 Å². The fourth-order valence-corrected chi connectivity index (χ4v) is 3.17. The fraction of sp³-hybridized carbons (Fsp3) is 0.409. The third kappa shape index (κ3) is 5.47. The van der Waals surface area contributed by atoms with Gasteiger partial charge in [-0.1, -0.05) is 36.4 Å². The first-order valence-electron chi connectivity index (χ1n) is 9.61. The molecule has 1 N–H and O–H groups in total. The minimum absolute atomic E-state index is 0.160. The standard InChI is InChI=1S/C22H28N2O4/c1-17(28-21-10-6-5-9-20(21)26-2)22(25)23-15-18-7-3-4-8-19(18)16-24-11-13-27-14-12-24/h3-10,17H,11-16H2,1-2H3,(H,23,25). The van der Waals surface area contributed by atoms with Crippen LogP contribution in [0, 0.1) is 0 Å². The van der Waals surface area contributed by atoms with Gasteiger partial charge in [0, 0.05) is 26.2 Å². The van der Waals surface area contributed by atoms with Crippen molar-refractivity contribution in [3.63, 3.8) is 0 Å². The molecule has 3 rings (SSSR count). The molecule has 0 radical (unpaired) electrons. The van der Waals surface area contributed by atoms with Crippen LogP contribution in [0.25, 0.3) is 0 Å². The molecule has 0 aromatic heterocycles. The normalized spacial score (nSPS) is 15.6. The largest absolute Gasteiger partial charge is 0.493 e. The zero-order chi connectivity index (χ0) is 19.8. The number of amides is 1. The molecule has 28 heavy (non-hydrogen) atoms. The van der Waals surface area contributed by atoms with Gasteiger partial charge >= 0.3 is 0 Å². The van der Waals surface area contributed by atoms with Crippen molar-refractivity contribution in [3.8, 4) is 11.5 Å². The van der Waals surface area contributed by atoms with Gasteiger partial charge in [0.2, 0.25) is 0 Å². The van der Waals surface area contributed by atoms with Crippen LogP contribution in [0.15, 0.2) is 48.5 Å². The third-order valence-corrected chi connectivity index (χ3v) is 4.81. The van der Waals surface area contributed by atoms with E-state index in [9.17, 15) is 4.79 Å². The predicted octanol–water partition coefficient (Wildman–Crippen LogP) is 2.61. The molecule has 1 fully saturated rings. The molecule has 2 aromatic carbocycles. The molecule has 0 bridgehead atoms. The van der Waals surface area contributed by atoms with E-state index < -0.39 is 6.10 Å². The van der Waals surface area contributed by atoms with Gasteiger partial charge in [-0.2, -0.15) is 0 Å². The average molecular weight is 384 g/mol. The van der Waals surface area contributed by atoms with Gasteiger partial charge in [-0.25, -0.2) is 0 Å². The van der Waals surface area contributed by atoms with E-state index in [0.29, 0.717) is 18.0 Å². The Morgan fingerprint density at radius 1 is 1.07 bits per heavy atom. The number of hydrogen-bond acceptors (Lipinski definition) is 5. The van der Waals surface area contributed by atoms with Crippen molar-refractivity contribution >= 4 is 5.91 Å². The van der Waals surface area contributed by atoms with Gasteiger partial charge in [-0.3, -0.25) is 9.69 Å². The number of methoxy groups -OCH3 is 1. The number of ether oxygens (including phenoxy) is 3. The highest BCUT2D eigenvalue weighted by molar-refractivity contribution is 5.80. The molecule has 1 heterocycles. The van der Waals surface area contributed by atoms with Gasteiger partial charge in [-0.15, -0.1) is 0 Å². The second kappa shape index (κ2) is 10.1. The van der Waals surface area contributed by atoms with E-state index in [4.69, 9.17) is 14.2 Å². The molecule has 150 valence electrons. The zero-order valence-corrected chi connectivity index (χ0v) is 16.5. The van der Waals surface area contributed by atoms with Gasteiger partial charge in [0.1, 0.15) is 0 Å². The smallest absolute Gasteiger partial charge is 0.261 e. The predicted molar refractivity (Wildman–Crippen MR) is 107 cm³/mol. The zero-order valence-electron chi connectivity index (χ0n) is 16.5. The summed E-state index contributed by atoms with van der Waals surface area (Å²) in [5, 5.41) is 2.99. The summed E-state index contributed by atoms with van der Waals surface area (Å²) in [5.74, 6) is 1.01. The number of carbonyl (C=O) groups is 1. The quantitative estimate of drug-likeness (QED) is 0.758. The van der Waals surface area contributed by atoms with Crippen LogP contribution in [0.1, 0.15) is 18.1 Å².